The van der Waals surface area contributed by atoms with E-state index in [1.54, 1.807) is 6.20 Å². The van der Waals surface area contributed by atoms with Crippen molar-refractivity contribution in [2.45, 2.75) is 0 Å². The van der Waals surface area contributed by atoms with E-state index in [1.807, 2.05) is 12.1 Å². The van der Waals surface area contributed by atoms with E-state index in [2.05, 4.69) is 37.8 Å². The molecule has 0 aromatic carbocycles. The summed E-state index contributed by atoms with van der Waals surface area (Å²) in [5, 5.41) is 6.86. The van der Waals surface area contributed by atoms with E-state index in [-0.39, 0.29) is 4.87 Å². The first kappa shape index (κ1) is 8.82. The zero-order valence-corrected chi connectivity index (χ0v) is 9.29. The van der Waals surface area contributed by atoms with Crippen molar-refractivity contribution >= 4 is 33.9 Å². The summed E-state index contributed by atoms with van der Waals surface area (Å²) in [6, 6.07) is 3.77. The molecular weight excluding hydrogens is 301 g/mol. The van der Waals surface area contributed by atoms with E-state index in [1.165, 1.54) is 0 Å². The van der Waals surface area contributed by atoms with E-state index in [9.17, 15) is 4.79 Å². The fraction of sp³-hybridized carbons (Fsp3) is 0. The summed E-state index contributed by atoms with van der Waals surface area (Å²) in [7, 11) is 0. The van der Waals surface area contributed by atoms with Gasteiger partial charge in [0, 0.05) is 9.77 Å². The summed E-state index contributed by atoms with van der Waals surface area (Å²) in [6.45, 7) is 0. The van der Waals surface area contributed by atoms with Gasteiger partial charge in [0.25, 0.3) is 0 Å². The second-order valence-corrected chi connectivity index (χ2v) is 4.38. The zero-order chi connectivity index (χ0) is 9.26. The molecule has 2 heterocycles. The molecule has 0 atom stereocenters. The van der Waals surface area contributed by atoms with Crippen LogP contribution in [0.3, 0.4) is 0 Å². The first-order valence-electron chi connectivity index (χ1n) is 3.44. The molecule has 0 unspecified atom stereocenters. The fourth-order valence-electron chi connectivity index (χ4n) is 0.874. The molecule has 0 fully saturated rings. The van der Waals surface area contributed by atoms with Crippen molar-refractivity contribution < 1.29 is 0 Å². The van der Waals surface area contributed by atoms with Crippen LogP contribution in [0.25, 0.3) is 10.7 Å². The molecule has 2 aromatic heterocycles. The van der Waals surface area contributed by atoms with Gasteiger partial charge in [0.05, 0.1) is 0 Å². The highest BCUT2D eigenvalue weighted by atomic mass is 127. The molecule has 2 aromatic rings. The van der Waals surface area contributed by atoms with Crippen molar-refractivity contribution in [3.63, 3.8) is 0 Å². The van der Waals surface area contributed by atoms with Gasteiger partial charge >= 0.3 is 4.87 Å². The molecule has 0 saturated carbocycles. The van der Waals surface area contributed by atoms with Gasteiger partial charge in [-0.3, -0.25) is 9.78 Å². The van der Waals surface area contributed by atoms with Gasteiger partial charge in [-0.1, -0.05) is 11.3 Å². The molecule has 0 spiro atoms. The number of nitrogens with zero attached hydrogens (tertiary/aromatic N) is 2. The monoisotopic (exact) mass is 305 g/mol. The highest BCUT2D eigenvalue weighted by molar-refractivity contribution is 14.1. The smallest absolute Gasteiger partial charge is 0.255 e. The summed E-state index contributed by atoms with van der Waals surface area (Å²) in [5.74, 6) is 0. The molecular formula is C7H4IN3OS. The van der Waals surface area contributed by atoms with Gasteiger partial charge in [0.1, 0.15) is 5.69 Å². The third kappa shape index (κ3) is 1.78. The molecule has 0 aliphatic rings. The Balaban J connectivity index is 2.58. The summed E-state index contributed by atoms with van der Waals surface area (Å²) in [4.78, 5) is 14.8. The first-order valence-corrected chi connectivity index (χ1v) is 5.33. The van der Waals surface area contributed by atoms with E-state index < -0.39 is 0 Å². The number of pyridine rings is 1. The highest BCUT2D eigenvalue weighted by Gasteiger charge is 2.07. The molecule has 0 aliphatic heterocycles. The molecule has 1 N–H and O–H groups in total. The number of nitrogens with one attached hydrogen (secondary N) is 1. The number of hydrogen-bond acceptors (Lipinski definition) is 4. The maximum Gasteiger partial charge on any atom is 0.322 e. The lowest BCUT2D eigenvalue weighted by Gasteiger charge is -1.95. The van der Waals surface area contributed by atoms with Gasteiger partial charge in [-0.05, 0) is 34.7 Å². The van der Waals surface area contributed by atoms with Crippen LogP contribution in [0.2, 0.25) is 0 Å². The lowest BCUT2D eigenvalue weighted by molar-refractivity contribution is 1.05. The SMILES string of the molecule is O=c1[nH]nc(-c2ncccc2I)s1. The van der Waals surface area contributed by atoms with Crippen molar-refractivity contribution in [1.82, 2.24) is 15.2 Å². The third-order valence-electron chi connectivity index (χ3n) is 1.40. The van der Waals surface area contributed by atoms with Crippen molar-refractivity contribution in [2.75, 3.05) is 0 Å². The van der Waals surface area contributed by atoms with Crippen LogP contribution in [0.4, 0.5) is 0 Å². The maximum absolute atomic E-state index is 10.8. The second kappa shape index (κ2) is 3.54. The third-order valence-corrected chi connectivity index (χ3v) is 3.02. The van der Waals surface area contributed by atoms with Crippen LogP contribution in [0, 0.1) is 3.57 Å². The first-order chi connectivity index (χ1) is 6.27. The van der Waals surface area contributed by atoms with Gasteiger partial charge in [0.15, 0.2) is 5.01 Å². The average molecular weight is 305 g/mol. The van der Waals surface area contributed by atoms with Crippen molar-refractivity contribution in [2.24, 2.45) is 0 Å². The lowest BCUT2D eigenvalue weighted by Crippen LogP contribution is -1.90. The number of rotatable bonds is 1. The largest absolute Gasteiger partial charge is 0.322 e. The predicted octanol–water partition coefficient (Wildman–Crippen LogP) is 1.50. The molecule has 0 radical (unpaired) electrons. The molecule has 2 rings (SSSR count). The van der Waals surface area contributed by atoms with Gasteiger partial charge in [0.2, 0.25) is 0 Å². The van der Waals surface area contributed by atoms with Crippen LogP contribution < -0.4 is 4.87 Å². The number of aromatic nitrogens is 3. The van der Waals surface area contributed by atoms with E-state index in [0.717, 1.165) is 20.6 Å². The molecule has 13 heavy (non-hydrogen) atoms. The van der Waals surface area contributed by atoms with Gasteiger partial charge in [-0.25, -0.2) is 5.10 Å². The summed E-state index contributed by atoms with van der Waals surface area (Å²) < 4.78 is 0.989. The van der Waals surface area contributed by atoms with E-state index in [0.29, 0.717) is 5.01 Å². The van der Waals surface area contributed by atoms with Gasteiger partial charge < -0.3 is 0 Å². The maximum atomic E-state index is 10.8. The second-order valence-electron chi connectivity index (χ2n) is 2.25. The molecule has 0 bridgehead atoms. The normalized spacial score (nSPS) is 10.2. The van der Waals surface area contributed by atoms with Gasteiger partial charge in [-0.15, -0.1) is 0 Å². The Morgan fingerprint density at radius 3 is 3.00 bits per heavy atom. The van der Waals surface area contributed by atoms with Crippen LogP contribution in [0.1, 0.15) is 0 Å². The van der Waals surface area contributed by atoms with Crippen LogP contribution in [0.15, 0.2) is 23.1 Å². The predicted molar refractivity (Wildman–Crippen MR) is 58.7 cm³/mol. The Morgan fingerprint density at radius 1 is 1.54 bits per heavy atom. The summed E-state index contributed by atoms with van der Waals surface area (Å²) in [5.41, 5.74) is 0.756. The highest BCUT2D eigenvalue weighted by Crippen LogP contribution is 2.21. The van der Waals surface area contributed by atoms with Crippen molar-refractivity contribution in [3.05, 3.63) is 31.6 Å². The quantitative estimate of drug-likeness (QED) is 0.812. The van der Waals surface area contributed by atoms with Crippen LogP contribution >= 0.6 is 33.9 Å². The molecule has 66 valence electrons. The molecule has 0 aliphatic carbocycles. The van der Waals surface area contributed by atoms with Gasteiger partial charge in [-0.2, -0.15) is 5.10 Å². The van der Waals surface area contributed by atoms with Crippen molar-refractivity contribution in [3.8, 4) is 10.7 Å². The zero-order valence-electron chi connectivity index (χ0n) is 6.32. The van der Waals surface area contributed by atoms with Crippen LogP contribution in [-0.2, 0) is 0 Å². The Morgan fingerprint density at radius 2 is 2.38 bits per heavy atom. The number of H-pyrrole nitrogens is 1. The van der Waals surface area contributed by atoms with E-state index in [4.69, 9.17) is 0 Å². The van der Waals surface area contributed by atoms with Crippen molar-refractivity contribution in [1.29, 1.82) is 0 Å². The van der Waals surface area contributed by atoms with E-state index >= 15 is 0 Å². The number of hydrogen-bond donors (Lipinski definition) is 1. The molecule has 4 nitrogen and oxygen atoms in total. The van der Waals surface area contributed by atoms with Crippen LogP contribution in [-0.4, -0.2) is 15.2 Å². The minimum absolute atomic E-state index is 0.156. The Bertz CT molecular complexity index is 478. The molecule has 0 amide bonds. The van der Waals surface area contributed by atoms with Crippen LogP contribution in [0.5, 0.6) is 0 Å². The average Bonchev–Trinajstić information content (AvgIpc) is 2.53. The minimum Gasteiger partial charge on any atom is -0.255 e. The standard InChI is InChI=1S/C7H4IN3OS/c8-4-2-1-3-9-5(4)6-10-11-7(12)13-6/h1-3H,(H,11,12). The lowest BCUT2D eigenvalue weighted by atomic mass is 10.4. The Labute approximate surface area is 91.2 Å². The Kier molecular flexibility index (Phi) is 2.40. The fourth-order valence-corrected chi connectivity index (χ4v) is 2.28. The molecule has 0 saturated heterocycles. The minimum atomic E-state index is -0.156. The Hall–Kier alpha value is -0.760. The number of halogens is 1. The number of aromatic amines is 1. The summed E-state index contributed by atoms with van der Waals surface area (Å²) in [6.07, 6.45) is 1.68. The summed E-state index contributed by atoms with van der Waals surface area (Å²) >= 11 is 3.23. The topological polar surface area (TPSA) is 58.6 Å². The molecule has 6 heteroatoms.